The van der Waals surface area contributed by atoms with Gasteiger partial charge >= 0.3 is 12.3 Å². The Hall–Kier alpha value is -3.36. The number of hydrogen-bond acceptors (Lipinski definition) is 4. The van der Waals surface area contributed by atoms with Crippen LogP contribution < -0.4 is 10.1 Å². The van der Waals surface area contributed by atoms with Gasteiger partial charge in [0, 0.05) is 17.2 Å². The van der Waals surface area contributed by atoms with Crippen molar-refractivity contribution in [1.82, 2.24) is 5.32 Å². The van der Waals surface area contributed by atoms with Crippen LogP contribution in [0.15, 0.2) is 60.7 Å². The first-order chi connectivity index (χ1) is 14.7. The molecule has 0 radical (unpaired) electrons. The van der Waals surface area contributed by atoms with Crippen LogP contribution in [0.1, 0.15) is 28.3 Å². The van der Waals surface area contributed by atoms with Gasteiger partial charge in [0.05, 0.1) is 13.0 Å². The highest BCUT2D eigenvalue weighted by atomic mass is 19.4. The van der Waals surface area contributed by atoms with Crippen molar-refractivity contribution in [2.75, 3.05) is 7.11 Å². The topological polar surface area (TPSA) is 64.6 Å². The molecule has 0 aromatic heterocycles. The Morgan fingerprint density at radius 1 is 1.10 bits per heavy atom. The van der Waals surface area contributed by atoms with Crippen LogP contribution in [0.3, 0.4) is 0 Å². The molecule has 1 aliphatic carbocycles. The molecule has 31 heavy (non-hydrogen) atoms. The van der Waals surface area contributed by atoms with E-state index in [1.54, 1.807) is 18.2 Å². The van der Waals surface area contributed by atoms with Crippen molar-refractivity contribution in [2.24, 2.45) is 5.92 Å². The highest BCUT2D eigenvalue weighted by Gasteiger charge is 2.36. The normalized spacial score (nSPS) is 19.0. The highest BCUT2D eigenvalue weighted by Crippen LogP contribution is 2.35. The van der Waals surface area contributed by atoms with Gasteiger partial charge in [0.15, 0.2) is 0 Å². The van der Waals surface area contributed by atoms with Crippen molar-refractivity contribution in [2.45, 2.75) is 24.7 Å². The summed E-state index contributed by atoms with van der Waals surface area (Å²) in [5, 5.41) is 2.68. The zero-order valence-corrected chi connectivity index (χ0v) is 16.4. The lowest BCUT2D eigenvalue weighted by atomic mass is 9.85. The van der Waals surface area contributed by atoms with E-state index in [1.165, 1.54) is 37.4 Å². The number of esters is 1. The molecule has 1 aliphatic rings. The van der Waals surface area contributed by atoms with Crippen LogP contribution in [-0.2, 0) is 9.53 Å². The number of hydrogen-bond donors (Lipinski definition) is 1. The van der Waals surface area contributed by atoms with Gasteiger partial charge in [-0.1, -0.05) is 36.4 Å². The number of carbonyl (C=O) groups excluding carboxylic acids is 2. The van der Waals surface area contributed by atoms with E-state index in [0.29, 0.717) is 6.42 Å². The SMILES string of the molecule is COC(=O)C(c1ccccc1F)C1C=CC(NC(=O)c2cccc(OC(F)(F)F)c2)C1. The minimum Gasteiger partial charge on any atom is -0.469 e. The molecule has 2 aromatic rings. The standard InChI is InChI=1S/C22H19F4NO4/c1-30-21(29)19(17-7-2-3-8-18(17)23)13-9-10-15(11-13)27-20(28)14-5-4-6-16(12-14)31-22(24,25)26/h2-10,12-13,15,19H,11H2,1H3,(H,27,28). The van der Waals surface area contributed by atoms with Crippen molar-refractivity contribution >= 4 is 11.9 Å². The van der Waals surface area contributed by atoms with Gasteiger partial charge < -0.3 is 14.8 Å². The summed E-state index contributed by atoms with van der Waals surface area (Å²) in [4.78, 5) is 24.8. The molecule has 0 bridgehead atoms. The minimum atomic E-state index is -4.87. The van der Waals surface area contributed by atoms with Crippen LogP contribution in [0.2, 0.25) is 0 Å². The van der Waals surface area contributed by atoms with Gasteiger partial charge in [-0.25, -0.2) is 4.39 Å². The second-order valence-corrected chi connectivity index (χ2v) is 6.96. The fourth-order valence-corrected chi connectivity index (χ4v) is 3.55. The van der Waals surface area contributed by atoms with E-state index < -0.39 is 47.7 Å². The average Bonchev–Trinajstić information content (AvgIpc) is 3.16. The first kappa shape index (κ1) is 22.3. The molecule has 164 valence electrons. The summed E-state index contributed by atoms with van der Waals surface area (Å²) in [6.45, 7) is 0. The molecular formula is C22H19F4NO4. The van der Waals surface area contributed by atoms with Crippen LogP contribution in [0.5, 0.6) is 5.75 Å². The Labute approximate surface area is 175 Å². The lowest BCUT2D eigenvalue weighted by Crippen LogP contribution is -2.34. The van der Waals surface area contributed by atoms with Gasteiger partial charge in [0.1, 0.15) is 11.6 Å². The fraction of sp³-hybridized carbons (Fsp3) is 0.273. The van der Waals surface area contributed by atoms with Crippen LogP contribution in [-0.4, -0.2) is 31.4 Å². The average molecular weight is 437 g/mol. The molecule has 2 aromatic carbocycles. The lowest BCUT2D eigenvalue weighted by Gasteiger charge is -2.22. The van der Waals surface area contributed by atoms with Gasteiger partial charge in [-0.2, -0.15) is 0 Å². The molecule has 3 unspecified atom stereocenters. The summed E-state index contributed by atoms with van der Waals surface area (Å²) < 4.78 is 60.1. The quantitative estimate of drug-likeness (QED) is 0.415. The number of nitrogens with one attached hydrogen (secondary N) is 1. The summed E-state index contributed by atoms with van der Waals surface area (Å²) >= 11 is 0. The summed E-state index contributed by atoms with van der Waals surface area (Å²) in [6.07, 6.45) is -1.22. The number of methoxy groups -OCH3 is 1. The third-order valence-electron chi connectivity index (χ3n) is 4.89. The zero-order chi connectivity index (χ0) is 22.6. The van der Waals surface area contributed by atoms with Crippen molar-refractivity contribution < 1.29 is 36.6 Å². The van der Waals surface area contributed by atoms with Gasteiger partial charge in [0.2, 0.25) is 0 Å². The van der Waals surface area contributed by atoms with Gasteiger partial charge in [-0.3, -0.25) is 9.59 Å². The Morgan fingerprint density at radius 3 is 2.52 bits per heavy atom. The van der Waals surface area contributed by atoms with Gasteiger partial charge in [-0.05, 0) is 36.6 Å². The first-order valence-electron chi connectivity index (χ1n) is 9.35. The molecule has 3 atom stereocenters. The summed E-state index contributed by atoms with van der Waals surface area (Å²) in [5.74, 6) is -3.60. The van der Waals surface area contributed by atoms with Crippen molar-refractivity contribution in [1.29, 1.82) is 0 Å². The van der Waals surface area contributed by atoms with E-state index in [2.05, 4.69) is 10.1 Å². The predicted molar refractivity (Wildman–Crippen MR) is 103 cm³/mol. The maximum absolute atomic E-state index is 14.3. The predicted octanol–water partition coefficient (Wildman–Crippen LogP) is 4.36. The number of carbonyl (C=O) groups is 2. The zero-order valence-electron chi connectivity index (χ0n) is 16.4. The number of benzene rings is 2. The Morgan fingerprint density at radius 2 is 1.84 bits per heavy atom. The third kappa shape index (κ3) is 5.62. The van der Waals surface area contributed by atoms with Crippen LogP contribution in [0.4, 0.5) is 17.6 Å². The van der Waals surface area contributed by atoms with E-state index in [0.717, 1.165) is 12.1 Å². The highest BCUT2D eigenvalue weighted by molar-refractivity contribution is 5.95. The number of amides is 1. The summed E-state index contributed by atoms with van der Waals surface area (Å²) in [5.41, 5.74) is 0.171. The van der Waals surface area contributed by atoms with Gasteiger partial charge in [-0.15, -0.1) is 13.2 Å². The number of rotatable bonds is 6. The first-order valence-corrected chi connectivity index (χ1v) is 9.35. The Bertz CT molecular complexity index is 989. The van der Waals surface area contributed by atoms with Crippen LogP contribution in [0, 0.1) is 11.7 Å². The van der Waals surface area contributed by atoms with Gasteiger partial charge in [0.25, 0.3) is 5.91 Å². The molecule has 0 heterocycles. The second kappa shape index (κ2) is 9.20. The number of halogens is 4. The van der Waals surface area contributed by atoms with E-state index in [4.69, 9.17) is 4.74 Å². The second-order valence-electron chi connectivity index (χ2n) is 6.96. The molecule has 1 amide bonds. The third-order valence-corrected chi connectivity index (χ3v) is 4.89. The Balaban J connectivity index is 1.70. The van der Waals surface area contributed by atoms with E-state index in [1.807, 2.05) is 0 Å². The van der Waals surface area contributed by atoms with Crippen LogP contribution in [0.25, 0.3) is 0 Å². The monoisotopic (exact) mass is 437 g/mol. The fourth-order valence-electron chi connectivity index (χ4n) is 3.55. The molecule has 3 rings (SSSR count). The molecule has 9 heteroatoms. The smallest absolute Gasteiger partial charge is 0.469 e. The van der Waals surface area contributed by atoms with Crippen molar-refractivity contribution in [3.05, 3.63) is 77.6 Å². The Kier molecular flexibility index (Phi) is 6.62. The molecule has 1 N–H and O–H groups in total. The van der Waals surface area contributed by atoms with E-state index >= 15 is 0 Å². The molecule has 0 fully saturated rings. The largest absolute Gasteiger partial charge is 0.573 e. The maximum Gasteiger partial charge on any atom is 0.573 e. The van der Waals surface area contributed by atoms with Crippen molar-refractivity contribution in [3.8, 4) is 5.75 Å². The molecular weight excluding hydrogens is 418 g/mol. The lowest BCUT2D eigenvalue weighted by molar-refractivity contribution is -0.274. The number of allylic oxidation sites excluding steroid dienone is 1. The van der Waals surface area contributed by atoms with Crippen LogP contribution >= 0.6 is 0 Å². The molecule has 0 saturated heterocycles. The minimum absolute atomic E-state index is 0.0165. The molecule has 0 spiro atoms. The van der Waals surface area contributed by atoms with E-state index in [9.17, 15) is 27.2 Å². The van der Waals surface area contributed by atoms with E-state index in [-0.39, 0.29) is 11.1 Å². The molecule has 5 nitrogen and oxygen atoms in total. The maximum atomic E-state index is 14.3. The number of ether oxygens (including phenoxy) is 2. The summed E-state index contributed by atoms with van der Waals surface area (Å²) in [6, 6.07) is 10.1. The molecule has 0 saturated carbocycles. The molecule has 0 aliphatic heterocycles. The number of alkyl halides is 3. The van der Waals surface area contributed by atoms with Crippen molar-refractivity contribution in [3.63, 3.8) is 0 Å². The summed E-state index contributed by atoms with van der Waals surface area (Å²) in [7, 11) is 1.21.